The Morgan fingerprint density at radius 1 is 0.358 bits per heavy atom. The quantitative estimate of drug-likeness (QED) is 0.169. The van der Waals surface area contributed by atoms with Gasteiger partial charge in [0.25, 0.3) is 0 Å². The molecule has 10 rings (SSSR count). The minimum absolute atomic E-state index is 0.133. The topological polar surface area (TPSA) is 3.24 Å². The number of rotatable bonds is 6. The largest absolute Gasteiger partial charge is 0.310 e. The van der Waals surface area contributed by atoms with E-state index in [0.29, 0.717) is 0 Å². The number of hydrogen-bond donors (Lipinski definition) is 0. The second kappa shape index (κ2) is 12.1. The molecule has 53 heavy (non-hydrogen) atoms. The maximum Gasteiger partial charge on any atom is 0.0734 e. The van der Waals surface area contributed by atoms with Gasteiger partial charge in [-0.2, -0.15) is 0 Å². The first-order valence-corrected chi connectivity index (χ1v) is 18.6. The van der Waals surface area contributed by atoms with Crippen LogP contribution in [0.2, 0.25) is 0 Å². The lowest BCUT2D eigenvalue weighted by atomic mass is 9.67. The van der Waals surface area contributed by atoms with Gasteiger partial charge < -0.3 is 4.90 Å². The standard InChI is InChI=1S/C52H39N/c1-51(2)46-29-14-12-26-42(46)44-33-32-41(35-48(44)51)53(40-25-16-20-37(34-40)36-18-6-3-7-19-36)49-31-17-28-45-43-27-13-15-30-47(43)52(50(45)49,38-21-8-4-9-22-38)39-23-10-5-11-24-39/h3-35H,1-2H3. The van der Waals surface area contributed by atoms with Crippen molar-refractivity contribution in [3.8, 4) is 33.4 Å². The van der Waals surface area contributed by atoms with Gasteiger partial charge in [0.05, 0.1) is 11.1 Å². The van der Waals surface area contributed by atoms with Crippen LogP contribution in [0.3, 0.4) is 0 Å². The van der Waals surface area contributed by atoms with E-state index in [0.717, 1.165) is 11.4 Å². The molecule has 0 saturated carbocycles. The smallest absolute Gasteiger partial charge is 0.0734 e. The summed E-state index contributed by atoms with van der Waals surface area (Å²) in [5, 5.41) is 0. The Kier molecular flexibility index (Phi) is 7.13. The van der Waals surface area contributed by atoms with Crippen molar-refractivity contribution in [1.29, 1.82) is 0 Å². The van der Waals surface area contributed by atoms with Gasteiger partial charge in [-0.3, -0.25) is 0 Å². The molecule has 2 aliphatic carbocycles. The molecule has 0 aromatic heterocycles. The van der Waals surface area contributed by atoms with Gasteiger partial charge in [-0.05, 0) is 91.5 Å². The zero-order chi connectivity index (χ0) is 35.6. The first-order valence-electron chi connectivity index (χ1n) is 18.6. The Morgan fingerprint density at radius 2 is 0.868 bits per heavy atom. The van der Waals surface area contributed by atoms with E-state index in [4.69, 9.17) is 0 Å². The van der Waals surface area contributed by atoms with Gasteiger partial charge in [-0.15, -0.1) is 0 Å². The number of benzene rings is 8. The Balaban J connectivity index is 1.30. The third-order valence-electron chi connectivity index (χ3n) is 11.7. The van der Waals surface area contributed by atoms with Crippen LogP contribution in [0, 0.1) is 0 Å². The Bertz CT molecular complexity index is 2600. The summed E-state index contributed by atoms with van der Waals surface area (Å²) in [6.45, 7) is 4.74. The highest BCUT2D eigenvalue weighted by Gasteiger charge is 2.48. The molecule has 0 unspecified atom stereocenters. The van der Waals surface area contributed by atoms with E-state index in [1.165, 1.54) is 72.4 Å². The maximum absolute atomic E-state index is 2.52. The Labute approximate surface area is 312 Å². The minimum Gasteiger partial charge on any atom is -0.310 e. The SMILES string of the molecule is CC1(C)c2ccccc2-c2ccc(N(c3cccc(-c4ccccc4)c3)c3cccc4c3C(c3ccccc3)(c3ccccc3)c3ccccc3-4)cc21. The van der Waals surface area contributed by atoms with Crippen molar-refractivity contribution in [1.82, 2.24) is 0 Å². The van der Waals surface area contributed by atoms with Gasteiger partial charge in [-0.1, -0.05) is 184 Å². The molecular weight excluding hydrogens is 639 g/mol. The molecule has 0 atom stereocenters. The Hall–Kier alpha value is -6.44. The fourth-order valence-electron chi connectivity index (χ4n) is 9.38. The molecule has 0 radical (unpaired) electrons. The number of anilines is 3. The van der Waals surface area contributed by atoms with E-state index < -0.39 is 5.41 Å². The zero-order valence-electron chi connectivity index (χ0n) is 30.0. The molecule has 0 saturated heterocycles. The molecule has 0 spiro atoms. The molecule has 0 amide bonds. The predicted molar refractivity (Wildman–Crippen MR) is 221 cm³/mol. The minimum atomic E-state index is -0.549. The van der Waals surface area contributed by atoms with Crippen LogP contribution >= 0.6 is 0 Å². The second-order valence-electron chi connectivity index (χ2n) is 14.9. The van der Waals surface area contributed by atoms with Gasteiger partial charge in [0.15, 0.2) is 0 Å². The molecule has 1 nitrogen and oxygen atoms in total. The summed E-state index contributed by atoms with van der Waals surface area (Å²) in [6.07, 6.45) is 0. The van der Waals surface area contributed by atoms with Crippen molar-refractivity contribution in [3.63, 3.8) is 0 Å². The van der Waals surface area contributed by atoms with Crippen molar-refractivity contribution in [2.75, 3.05) is 4.90 Å². The molecular formula is C52H39N. The summed E-state index contributed by atoms with van der Waals surface area (Å²) in [5.41, 5.74) is 18.2. The molecule has 2 aliphatic rings. The zero-order valence-corrected chi connectivity index (χ0v) is 30.0. The molecule has 8 aromatic carbocycles. The average molecular weight is 678 g/mol. The van der Waals surface area contributed by atoms with Crippen LogP contribution in [-0.2, 0) is 10.8 Å². The molecule has 0 heterocycles. The summed E-state index contributed by atoms with van der Waals surface area (Å²) in [5.74, 6) is 0. The van der Waals surface area contributed by atoms with Crippen LogP contribution in [0.5, 0.6) is 0 Å². The summed E-state index contributed by atoms with van der Waals surface area (Å²) < 4.78 is 0. The van der Waals surface area contributed by atoms with E-state index in [9.17, 15) is 0 Å². The summed E-state index contributed by atoms with van der Waals surface area (Å²) in [7, 11) is 0. The lowest BCUT2D eigenvalue weighted by molar-refractivity contribution is 0.660. The van der Waals surface area contributed by atoms with Crippen molar-refractivity contribution in [2.24, 2.45) is 0 Å². The normalized spacial score (nSPS) is 14.2. The average Bonchev–Trinajstić information content (AvgIpc) is 3.66. The monoisotopic (exact) mass is 677 g/mol. The molecule has 0 bridgehead atoms. The van der Waals surface area contributed by atoms with E-state index in [1.807, 2.05) is 0 Å². The summed E-state index contributed by atoms with van der Waals surface area (Å²) in [4.78, 5) is 2.52. The third kappa shape index (κ3) is 4.64. The van der Waals surface area contributed by atoms with Gasteiger partial charge >= 0.3 is 0 Å². The first-order chi connectivity index (χ1) is 26.1. The second-order valence-corrected chi connectivity index (χ2v) is 14.9. The van der Waals surface area contributed by atoms with Gasteiger partial charge in [0.1, 0.15) is 0 Å². The van der Waals surface area contributed by atoms with E-state index in [1.54, 1.807) is 0 Å². The maximum atomic E-state index is 2.52. The van der Waals surface area contributed by atoms with Crippen molar-refractivity contribution in [3.05, 3.63) is 234 Å². The molecule has 0 N–H and O–H groups in total. The number of hydrogen-bond acceptors (Lipinski definition) is 1. The summed E-state index contributed by atoms with van der Waals surface area (Å²) in [6, 6.07) is 74.0. The van der Waals surface area contributed by atoms with Crippen LogP contribution in [0.4, 0.5) is 17.1 Å². The van der Waals surface area contributed by atoms with Crippen molar-refractivity contribution < 1.29 is 0 Å². The van der Waals surface area contributed by atoms with Crippen LogP contribution in [0.15, 0.2) is 200 Å². The van der Waals surface area contributed by atoms with Gasteiger partial charge in [0.2, 0.25) is 0 Å². The van der Waals surface area contributed by atoms with E-state index in [-0.39, 0.29) is 5.41 Å². The lowest BCUT2D eigenvalue weighted by Crippen LogP contribution is -2.30. The number of nitrogens with zero attached hydrogens (tertiary/aromatic N) is 1. The predicted octanol–water partition coefficient (Wildman–Crippen LogP) is 13.5. The highest BCUT2D eigenvalue weighted by Crippen LogP contribution is 2.60. The fraction of sp³-hybridized carbons (Fsp3) is 0.0769. The Morgan fingerprint density at radius 3 is 1.57 bits per heavy atom. The first kappa shape index (κ1) is 31.3. The van der Waals surface area contributed by atoms with Gasteiger partial charge in [-0.25, -0.2) is 0 Å². The highest BCUT2D eigenvalue weighted by atomic mass is 15.1. The molecule has 0 aliphatic heterocycles. The lowest BCUT2D eigenvalue weighted by Gasteiger charge is -2.38. The fourth-order valence-corrected chi connectivity index (χ4v) is 9.38. The van der Waals surface area contributed by atoms with Crippen molar-refractivity contribution in [2.45, 2.75) is 24.7 Å². The molecule has 8 aromatic rings. The molecule has 0 fully saturated rings. The van der Waals surface area contributed by atoms with Crippen LogP contribution < -0.4 is 4.90 Å². The molecule has 1 heteroatoms. The van der Waals surface area contributed by atoms with E-state index in [2.05, 4.69) is 219 Å². The van der Waals surface area contributed by atoms with Crippen molar-refractivity contribution >= 4 is 17.1 Å². The van der Waals surface area contributed by atoms with Crippen LogP contribution in [0.1, 0.15) is 47.2 Å². The van der Waals surface area contributed by atoms with Crippen LogP contribution in [-0.4, -0.2) is 0 Å². The highest BCUT2D eigenvalue weighted by molar-refractivity contribution is 5.95. The van der Waals surface area contributed by atoms with Crippen LogP contribution in [0.25, 0.3) is 33.4 Å². The molecule has 252 valence electrons. The summed E-state index contributed by atoms with van der Waals surface area (Å²) >= 11 is 0. The van der Waals surface area contributed by atoms with Gasteiger partial charge in [0, 0.05) is 22.4 Å². The van der Waals surface area contributed by atoms with E-state index >= 15 is 0 Å². The number of fused-ring (bicyclic) bond motifs is 6. The third-order valence-corrected chi connectivity index (χ3v) is 11.7.